The number of hydrogen-bond donors (Lipinski definition) is 2. The lowest BCUT2D eigenvalue weighted by molar-refractivity contribution is 0.0697. The molecule has 0 saturated heterocycles. The molecule has 1 aromatic carbocycles. The summed E-state index contributed by atoms with van der Waals surface area (Å²) in [4.78, 5) is 22.3. The molecular weight excluding hydrogens is 337 g/mol. The zero-order chi connectivity index (χ0) is 12.8. The number of amides is 1. The summed E-state index contributed by atoms with van der Waals surface area (Å²) in [6.07, 6.45) is 0.710. The first-order valence-electron chi connectivity index (χ1n) is 4.62. The van der Waals surface area contributed by atoms with E-state index in [1.165, 1.54) is 12.1 Å². The second-order valence-electron chi connectivity index (χ2n) is 2.98. The van der Waals surface area contributed by atoms with Crippen LogP contribution in [0.3, 0.4) is 0 Å². The Hall–Kier alpha value is -1.57. The standard InChI is InChI=1S/C11H10INO4/c1-2-6-17-11(16)13-8-5-3-4-7(12)9(8)10(14)15/h2-5H,1,6H2,(H,13,16)(H,14,15). The van der Waals surface area contributed by atoms with Gasteiger partial charge in [0.1, 0.15) is 6.61 Å². The fourth-order valence-electron chi connectivity index (χ4n) is 1.13. The van der Waals surface area contributed by atoms with Crippen LogP contribution in [0.25, 0.3) is 0 Å². The second kappa shape index (κ2) is 6.24. The molecule has 0 aromatic heterocycles. The van der Waals surface area contributed by atoms with Crippen LogP contribution in [-0.2, 0) is 4.74 Å². The fourth-order valence-corrected chi connectivity index (χ4v) is 1.86. The fraction of sp³-hybridized carbons (Fsp3) is 0.0909. The van der Waals surface area contributed by atoms with Gasteiger partial charge in [-0.2, -0.15) is 0 Å². The SMILES string of the molecule is C=CCOC(=O)Nc1cccc(I)c1C(=O)O. The van der Waals surface area contributed by atoms with Crippen molar-refractivity contribution < 1.29 is 19.4 Å². The highest BCUT2D eigenvalue weighted by atomic mass is 127. The molecule has 0 unspecified atom stereocenters. The van der Waals surface area contributed by atoms with Crippen molar-refractivity contribution in [3.05, 3.63) is 40.0 Å². The Morgan fingerprint density at radius 3 is 2.82 bits per heavy atom. The highest BCUT2D eigenvalue weighted by Crippen LogP contribution is 2.21. The minimum absolute atomic E-state index is 0.0450. The number of ether oxygens (including phenoxy) is 1. The van der Waals surface area contributed by atoms with Crippen molar-refractivity contribution >= 4 is 40.3 Å². The lowest BCUT2D eigenvalue weighted by Gasteiger charge is -2.09. The van der Waals surface area contributed by atoms with Gasteiger partial charge in [0.25, 0.3) is 0 Å². The monoisotopic (exact) mass is 347 g/mol. The Labute approximate surface area is 112 Å². The van der Waals surface area contributed by atoms with Gasteiger partial charge in [0, 0.05) is 3.57 Å². The smallest absolute Gasteiger partial charge is 0.411 e. The van der Waals surface area contributed by atoms with E-state index >= 15 is 0 Å². The molecular formula is C11H10INO4. The van der Waals surface area contributed by atoms with Crippen LogP contribution in [0.2, 0.25) is 0 Å². The van der Waals surface area contributed by atoms with E-state index < -0.39 is 12.1 Å². The molecule has 0 aliphatic rings. The highest BCUT2D eigenvalue weighted by molar-refractivity contribution is 14.1. The van der Waals surface area contributed by atoms with E-state index in [1.807, 2.05) is 22.6 Å². The van der Waals surface area contributed by atoms with Crippen LogP contribution in [0, 0.1) is 3.57 Å². The number of carbonyl (C=O) groups excluding carboxylic acids is 1. The topological polar surface area (TPSA) is 75.6 Å². The van der Waals surface area contributed by atoms with Crippen molar-refractivity contribution in [3.63, 3.8) is 0 Å². The van der Waals surface area contributed by atoms with Crippen LogP contribution in [-0.4, -0.2) is 23.8 Å². The summed E-state index contributed by atoms with van der Waals surface area (Å²) in [5.41, 5.74) is 0.252. The summed E-state index contributed by atoms with van der Waals surface area (Å²) in [5.74, 6) is -1.10. The summed E-state index contributed by atoms with van der Waals surface area (Å²) in [6.45, 7) is 3.47. The zero-order valence-corrected chi connectivity index (χ0v) is 10.9. The number of carboxylic acids is 1. The third kappa shape index (κ3) is 3.74. The summed E-state index contributed by atoms with van der Waals surface area (Å²) in [7, 11) is 0. The molecule has 1 amide bonds. The molecule has 0 aliphatic carbocycles. The minimum Gasteiger partial charge on any atom is -0.478 e. The number of benzene rings is 1. The lowest BCUT2D eigenvalue weighted by atomic mass is 10.2. The van der Waals surface area contributed by atoms with E-state index in [1.54, 1.807) is 12.1 Å². The number of carbonyl (C=O) groups is 2. The van der Waals surface area contributed by atoms with E-state index in [4.69, 9.17) is 9.84 Å². The van der Waals surface area contributed by atoms with Gasteiger partial charge < -0.3 is 9.84 Å². The van der Waals surface area contributed by atoms with Crippen molar-refractivity contribution in [2.24, 2.45) is 0 Å². The number of rotatable bonds is 4. The van der Waals surface area contributed by atoms with Crippen LogP contribution >= 0.6 is 22.6 Å². The van der Waals surface area contributed by atoms with Gasteiger partial charge in [-0.1, -0.05) is 18.7 Å². The van der Waals surface area contributed by atoms with E-state index in [-0.39, 0.29) is 17.9 Å². The maximum atomic E-state index is 11.3. The second-order valence-corrected chi connectivity index (χ2v) is 4.14. The number of aromatic carboxylic acids is 1. The van der Waals surface area contributed by atoms with E-state index in [0.717, 1.165) is 0 Å². The number of hydrogen-bond acceptors (Lipinski definition) is 3. The number of carboxylic acid groups (broad SMARTS) is 1. The number of halogens is 1. The summed E-state index contributed by atoms with van der Waals surface area (Å²) >= 11 is 1.89. The first-order valence-corrected chi connectivity index (χ1v) is 5.70. The molecule has 90 valence electrons. The van der Waals surface area contributed by atoms with Crippen LogP contribution in [0.4, 0.5) is 10.5 Å². The molecule has 0 heterocycles. The molecule has 1 rings (SSSR count). The van der Waals surface area contributed by atoms with Crippen LogP contribution < -0.4 is 5.32 Å². The van der Waals surface area contributed by atoms with Gasteiger partial charge >= 0.3 is 12.1 Å². The first kappa shape index (κ1) is 13.5. The average Bonchev–Trinajstić information content (AvgIpc) is 2.25. The third-order valence-electron chi connectivity index (χ3n) is 1.80. The molecule has 0 radical (unpaired) electrons. The molecule has 0 bridgehead atoms. The van der Waals surface area contributed by atoms with Crippen molar-refractivity contribution in [2.45, 2.75) is 0 Å². The molecule has 0 spiro atoms. The zero-order valence-electron chi connectivity index (χ0n) is 8.77. The summed E-state index contributed by atoms with van der Waals surface area (Å²) in [6, 6.07) is 4.79. The Morgan fingerprint density at radius 1 is 1.53 bits per heavy atom. The van der Waals surface area contributed by atoms with Gasteiger partial charge in [0.15, 0.2) is 0 Å². The van der Waals surface area contributed by atoms with E-state index in [0.29, 0.717) is 3.57 Å². The third-order valence-corrected chi connectivity index (χ3v) is 2.70. The largest absolute Gasteiger partial charge is 0.478 e. The van der Waals surface area contributed by atoms with Gasteiger partial charge in [-0.05, 0) is 34.7 Å². The Balaban J connectivity index is 2.91. The number of nitrogens with one attached hydrogen (secondary N) is 1. The molecule has 0 fully saturated rings. The maximum absolute atomic E-state index is 11.3. The highest BCUT2D eigenvalue weighted by Gasteiger charge is 2.15. The van der Waals surface area contributed by atoms with Crippen LogP contribution in [0.1, 0.15) is 10.4 Å². The van der Waals surface area contributed by atoms with Gasteiger partial charge in [0.2, 0.25) is 0 Å². The van der Waals surface area contributed by atoms with Gasteiger partial charge in [-0.3, -0.25) is 5.32 Å². The lowest BCUT2D eigenvalue weighted by Crippen LogP contribution is -2.16. The molecule has 2 N–H and O–H groups in total. The van der Waals surface area contributed by atoms with Crippen molar-refractivity contribution in [1.82, 2.24) is 0 Å². The van der Waals surface area contributed by atoms with Gasteiger partial charge in [-0.25, -0.2) is 9.59 Å². The normalized spacial score (nSPS) is 9.47. The Kier molecular flexibility index (Phi) is 4.95. The van der Waals surface area contributed by atoms with Gasteiger partial charge in [-0.15, -0.1) is 0 Å². The van der Waals surface area contributed by atoms with Crippen LogP contribution in [0.5, 0.6) is 0 Å². The van der Waals surface area contributed by atoms with E-state index in [2.05, 4.69) is 11.9 Å². The Morgan fingerprint density at radius 2 is 2.24 bits per heavy atom. The van der Waals surface area contributed by atoms with Gasteiger partial charge in [0.05, 0.1) is 11.3 Å². The average molecular weight is 347 g/mol. The minimum atomic E-state index is -1.10. The molecule has 17 heavy (non-hydrogen) atoms. The number of anilines is 1. The molecule has 6 heteroatoms. The maximum Gasteiger partial charge on any atom is 0.411 e. The van der Waals surface area contributed by atoms with Crippen molar-refractivity contribution in [1.29, 1.82) is 0 Å². The van der Waals surface area contributed by atoms with Crippen molar-refractivity contribution in [3.8, 4) is 0 Å². The molecule has 0 atom stereocenters. The predicted octanol–water partition coefficient (Wildman–Crippen LogP) is 2.72. The summed E-state index contributed by atoms with van der Waals surface area (Å²) in [5, 5.41) is 11.4. The molecule has 1 aromatic rings. The molecule has 5 nitrogen and oxygen atoms in total. The first-order chi connectivity index (χ1) is 8.06. The van der Waals surface area contributed by atoms with E-state index in [9.17, 15) is 9.59 Å². The molecule has 0 aliphatic heterocycles. The molecule has 0 saturated carbocycles. The Bertz CT molecular complexity index is 459. The quantitative estimate of drug-likeness (QED) is 0.649. The predicted molar refractivity (Wildman–Crippen MR) is 71.3 cm³/mol. The van der Waals surface area contributed by atoms with Crippen LogP contribution in [0.15, 0.2) is 30.9 Å². The van der Waals surface area contributed by atoms with Crippen molar-refractivity contribution in [2.75, 3.05) is 11.9 Å². The summed E-state index contributed by atoms with van der Waals surface area (Å²) < 4.78 is 5.24.